The molecular weight excluding hydrogens is 386 g/mol. The average molecular weight is 402 g/mol. The molecule has 2 aromatic rings. The number of aromatic nitrogens is 1. The van der Waals surface area contributed by atoms with Gasteiger partial charge in [-0.3, -0.25) is 19.9 Å². The van der Waals surface area contributed by atoms with Gasteiger partial charge in [-0.05, 0) is 36.8 Å². The lowest BCUT2D eigenvalue weighted by Gasteiger charge is -2.26. The Morgan fingerprint density at radius 3 is 2.68 bits per heavy atom. The van der Waals surface area contributed by atoms with Crippen molar-refractivity contribution in [3.05, 3.63) is 52.8 Å². The lowest BCUT2D eigenvalue weighted by molar-refractivity contribution is -0.122. The minimum atomic E-state index is -0.851. The first-order chi connectivity index (χ1) is 13.5. The molecule has 9 heteroatoms. The van der Waals surface area contributed by atoms with Gasteiger partial charge in [-0.1, -0.05) is 11.6 Å². The highest BCUT2D eigenvalue weighted by atomic mass is 35.5. The Bertz CT molecular complexity index is 975. The zero-order chi connectivity index (χ0) is 20.3. The van der Waals surface area contributed by atoms with E-state index in [2.05, 4.69) is 10.3 Å². The van der Waals surface area contributed by atoms with Crippen LogP contribution in [-0.2, 0) is 9.59 Å². The van der Waals surface area contributed by atoms with Gasteiger partial charge in [-0.15, -0.1) is 0 Å². The Morgan fingerprint density at radius 1 is 1.25 bits per heavy atom. The zero-order valence-electron chi connectivity index (χ0n) is 15.1. The molecule has 0 bridgehead atoms. The van der Waals surface area contributed by atoms with Gasteiger partial charge in [-0.2, -0.15) is 0 Å². The molecule has 28 heavy (non-hydrogen) atoms. The number of methoxy groups -OCH3 is 1. The minimum Gasteiger partial charge on any atom is -0.493 e. The van der Waals surface area contributed by atoms with Crippen LogP contribution in [0.3, 0.4) is 0 Å². The molecule has 1 N–H and O–H groups in total. The van der Waals surface area contributed by atoms with Crippen LogP contribution in [0.1, 0.15) is 12.5 Å². The molecule has 2 heterocycles. The highest BCUT2D eigenvalue weighted by Gasteiger charge is 2.37. The van der Waals surface area contributed by atoms with Gasteiger partial charge in [0.2, 0.25) is 0 Å². The number of hydrogen-bond donors (Lipinski definition) is 1. The van der Waals surface area contributed by atoms with E-state index in [0.29, 0.717) is 23.7 Å². The molecule has 1 aliphatic rings. The van der Waals surface area contributed by atoms with Crippen molar-refractivity contribution >= 4 is 41.2 Å². The number of urea groups is 1. The summed E-state index contributed by atoms with van der Waals surface area (Å²) in [5.74, 6) is -0.780. The third-order valence-electron chi connectivity index (χ3n) is 3.89. The zero-order valence-corrected chi connectivity index (χ0v) is 15.8. The molecule has 0 atom stereocenters. The second-order valence-corrected chi connectivity index (χ2v) is 6.03. The average Bonchev–Trinajstić information content (AvgIpc) is 2.68. The van der Waals surface area contributed by atoms with Gasteiger partial charge in [0.05, 0.1) is 30.6 Å². The van der Waals surface area contributed by atoms with E-state index < -0.39 is 17.8 Å². The molecule has 4 amide bonds. The molecule has 8 nitrogen and oxygen atoms in total. The molecule has 0 spiro atoms. The summed E-state index contributed by atoms with van der Waals surface area (Å²) >= 11 is 6.26. The third-order valence-corrected chi connectivity index (χ3v) is 4.22. The summed E-state index contributed by atoms with van der Waals surface area (Å²) in [5.41, 5.74) is 0.349. The van der Waals surface area contributed by atoms with Crippen molar-refractivity contribution in [1.29, 1.82) is 0 Å². The number of carbonyl (C=O) groups excluding carboxylic acids is 3. The molecular formula is C19H16ClN3O5. The van der Waals surface area contributed by atoms with Crippen LogP contribution < -0.4 is 19.7 Å². The Hall–Kier alpha value is -3.39. The summed E-state index contributed by atoms with van der Waals surface area (Å²) < 4.78 is 10.7. The quantitative estimate of drug-likeness (QED) is 0.611. The molecule has 1 aromatic heterocycles. The van der Waals surface area contributed by atoms with Crippen LogP contribution in [0.2, 0.25) is 5.02 Å². The van der Waals surface area contributed by atoms with Gasteiger partial charge in [0.1, 0.15) is 5.57 Å². The summed E-state index contributed by atoms with van der Waals surface area (Å²) in [4.78, 5) is 42.0. The highest BCUT2D eigenvalue weighted by Crippen LogP contribution is 2.35. The van der Waals surface area contributed by atoms with Gasteiger partial charge in [0.15, 0.2) is 11.5 Å². The second-order valence-electron chi connectivity index (χ2n) is 5.63. The predicted octanol–water partition coefficient (Wildman–Crippen LogP) is 2.81. The van der Waals surface area contributed by atoms with Gasteiger partial charge in [0, 0.05) is 12.3 Å². The summed E-state index contributed by atoms with van der Waals surface area (Å²) in [6, 6.07) is 5.34. The van der Waals surface area contributed by atoms with Crippen molar-refractivity contribution in [3.63, 3.8) is 0 Å². The van der Waals surface area contributed by atoms with Gasteiger partial charge >= 0.3 is 6.03 Å². The standard InChI is InChI=1S/C19H16ClN3O5/c1-3-28-16-8-11(14(20)9-15(16)27-2)7-13-17(24)22-19(26)23(18(13)25)12-5-4-6-21-10-12/h4-10H,3H2,1-2H3,(H,22,24,26)/b13-7+. The molecule has 1 fully saturated rings. The SMILES string of the molecule is CCOc1cc(/C=C2\C(=O)NC(=O)N(c3cccnc3)C2=O)c(Cl)cc1OC. The normalized spacial score (nSPS) is 15.6. The molecule has 0 radical (unpaired) electrons. The van der Waals surface area contributed by atoms with Crippen molar-refractivity contribution < 1.29 is 23.9 Å². The first-order valence-corrected chi connectivity index (χ1v) is 8.65. The van der Waals surface area contributed by atoms with Crippen LogP contribution in [0.5, 0.6) is 11.5 Å². The number of nitrogens with zero attached hydrogens (tertiary/aromatic N) is 2. The number of carbonyl (C=O) groups is 3. The maximum atomic E-state index is 12.8. The number of pyridine rings is 1. The van der Waals surface area contributed by atoms with E-state index in [4.69, 9.17) is 21.1 Å². The first-order valence-electron chi connectivity index (χ1n) is 8.28. The lowest BCUT2D eigenvalue weighted by Crippen LogP contribution is -2.54. The highest BCUT2D eigenvalue weighted by molar-refractivity contribution is 6.39. The number of anilines is 1. The summed E-state index contributed by atoms with van der Waals surface area (Å²) in [7, 11) is 1.47. The number of amides is 4. The number of hydrogen-bond acceptors (Lipinski definition) is 6. The van der Waals surface area contributed by atoms with Gasteiger partial charge in [0.25, 0.3) is 11.8 Å². The maximum absolute atomic E-state index is 12.8. The van der Waals surface area contributed by atoms with Crippen LogP contribution in [0.4, 0.5) is 10.5 Å². The summed E-state index contributed by atoms with van der Waals surface area (Å²) in [6.07, 6.45) is 4.15. The Balaban J connectivity index is 2.05. The van der Waals surface area contributed by atoms with Crippen molar-refractivity contribution in [1.82, 2.24) is 10.3 Å². The Kier molecular flexibility index (Phi) is 5.60. The van der Waals surface area contributed by atoms with Crippen LogP contribution in [0.25, 0.3) is 6.08 Å². The molecule has 0 saturated carbocycles. The lowest BCUT2D eigenvalue weighted by atomic mass is 10.1. The van der Waals surface area contributed by atoms with Crippen LogP contribution >= 0.6 is 11.6 Å². The van der Waals surface area contributed by atoms with Crippen LogP contribution in [-0.4, -0.2) is 36.5 Å². The number of ether oxygens (including phenoxy) is 2. The van der Waals surface area contributed by atoms with Crippen molar-refractivity contribution in [2.75, 3.05) is 18.6 Å². The van der Waals surface area contributed by atoms with E-state index in [-0.39, 0.29) is 16.3 Å². The fraction of sp³-hybridized carbons (Fsp3) is 0.158. The van der Waals surface area contributed by atoms with Crippen LogP contribution in [0, 0.1) is 0 Å². The number of rotatable bonds is 5. The van der Waals surface area contributed by atoms with Gasteiger partial charge in [-0.25, -0.2) is 9.69 Å². The van der Waals surface area contributed by atoms with E-state index in [1.54, 1.807) is 12.1 Å². The van der Waals surface area contributed by atoms with Crippen molar-refractivity contribution in [3.8, 4) is 11.5 Å². The van der Waals surface area contributed by atoms with E-state index in [9.17, 15) is 14.4 Å². The van der Waals surface area contributed by atoms with E-state index in [1.165, 1.54) is 37.7 Å². The predicted molar refractivity (Wildman–Crippen MR) is 102 cm³/mol. The van der Waals surface area contributed by atoms with Crippen molar-refractivity contribution in [2.24, 2.45) is 0 Å². The smallest absolute Gasteiger partial charge is 0.336 e. The molecule has 144 valence electrons. The van der Waals surface area contributed by atoms with Crippen molar-refractivity contribution in [2.45, 2.75) is 6.92 Å². The largest absolute Gasteiger partial charge is 0.493 e. The van der Waals surface area contributed by atoms with E-state index in [1.807, 2.05) is 6.92 Å². The number of barbiturate groups is 1. The summed E-state index contributed by atoms with van der Waals surface area (Å²) in [5, 5.41) is 2.39. The Labute approximate surface area is 165 Å². The molecule has 1 saturated heterocycles. The Morgan fingerprint density at radius 2 is 2.04 bits per heavy atom. The minimum absolute atomic E-state index is 0.235. The number of imide groups is 2. The maximum Gasteiger partial charge on any atom is 0.336 e. The number of nitrogens with one attached hydrogen (secondary N) is 1. The van der Waals surface area contributed by atoms with Gasteiger partial charge < -0.3 is 9.47 Å². The number of halogens is 1. The van der Waals surface area contributed by atoms with Crippen LogP contribution in [0.15, 0.2) is 42.2 Å². The number of benzene rings is 1. The molecule has 0 aliphatic carbocycles. The third kappa shape index (κ3) is 3.67. The summed E-state index contributed by atoms with van der Waals surface area (Å²) in [6.45, 7) is 2.19. The topological polar surface area (TPSA) is 97.8 Å². The molecule has 1 aromatic carbocycles. The first kappa shape index (κ1) is 19.4. The fourth-order valence-electron chi connectivity index (χ4n) is 2.62. The molecule has 1 aliphatic heterocycles. The second kappa shape index (κ2) is 8.10. The monoisotopic (exact) mass is 401 g/mol. The van der Waals surface area contributed by atoms with E-state index >= 15 is 0 Å². The molecule has 3 rings (SSSR count). The fourth-order valence-corrected chi connectivity index (χ4v) is 2.83. The van der Waals surface area contributed by atoms with E-state index in [0.717, 1.165) is 4.90 Å². The molecule has 0 unspecified atom stereocenters.